The average Bonchev–Trinajstić information content (AvgIpc) is 3.39. The molecule has 1 N–H and O–H groups in total. The molecule has 11 heteroatoms. The van der Waals surface area contributed by atoms with Gasteiger partial charge in [0.15, 0.2) is 0 Å². The first-order valence-corrected chi connectivity index (χ1v) is 12.0. The zero-order valence-electron chi connectivity index (χ0n) is 17.9. The highest BCUT2D eigenvalue weighted by molar-refractivity contribution is 7.91. The summed E-state index contributed by atoms with van der Waals surface area (Å²) >= 11 is 0. The van der Waals surface area contributed by atoms with E-state index in [0.717, 1.165) is 12.1 Å². The van der Waals surface area contributed by atoms with Gasteiger partial charge in [-0.1, -0.05) is 0 Å². The van der Waals surface area contributed by atoms with E-state index in [2.05, 4.69) is 5.32 Å². The van der Waals surface area contributed by atoms with Crippen LogP contribution in [0.5, 0.6) is 0 Å². The molecule has 34 heavy (non-hydrogen) atoms. The van der Waals surface area contributed by atoms with Crippen molar-refractivity contribution in [3.63, 3.8) is 0 Å². The molecule has 1 atom stereocenters. The molecule has 176 valence electrons. The van der Waals surface area contributed by atoms with Crippen LogP contribution in [0.4, 0.5) is 11.4 Å². The number of carbonyl (C=O) groups is 2. The molecule has 1 unspecified atom stereocenters. The predicted molar refractivity (Wildman–Crippen MR) is 121 cm³/mol. The van der Waals surface area contributed by atoms with Crippen molar-refractivity contribution in [1.29, 1.82) is 0 Å². The minimum absolute atomic E-state index is 0.00565. The number of hydrogen-bond acceptors (Lipinski definition) is 7. The summed E-state index contributed by atoms with van der Waals surface area (Å²) in [6, 6.07) is 11.9. The summed E-state index contributed by atoms with van der Waals surface area (Å²) in [4.78, 5) is 37.0. The number of benzene rings is 2. The Morgan fingerprint density at radius 1 is 1.03 bits per heavy atom. The van der Waals surface area contributed by atoms with Crippen molar-refractivity contribution >= 4 is 33.0 Å². The average molecular weight is 484 g/mol. The second kappa shape index (κ2) is 9.48. The molecular formula is C23H21N3O7S. The van der Waals surface area contributed by atoms with Crippen molar-refractivity contribution in [3.05, 3.63) is 82.8 Å². The Balaban J connectivity index is 1.41. The zero-order chi connectivity index (χ0) is 24.3. The van der Waals surface area contributed by atoms with Crippen molar-refractivity contribution in [2.45, 2.75) is 22.6 Å². The maximum Gasteiger partial charge on any atom is 0.269 e. The molecule has 1 aliphatic heterocycles. The van der Waals surface area contributed by atoms with Gasteiger partial charge in [0.05, 0.1) is 32.5 Å². The highest BCUT2D eigenvalue weighted by Gasteiger charge is 2.29. The van der Waals surface area contributed by atoms with Crippen LogP contribution >= 0.6 is 0 Å². The van der Waals surface area contributed by atoms with Crippen molar-refractivity contribution in [3.8, 4) is 0 Å². The van der Waals surface area contributed by atoms with Gasteiger partial charge in [0.1, 0.15) is 6.26 Å². The second-order valence-electron chi connectivity index (χ2n) is 7.87. The van der Waals surface area contributed by atoms with Crippen molar-refractivity contribution in [1.82, 2.24) is 4.90 Å². The quantitative estimate of drug-likeness (QED) is 0.418. The van der Waals surface area contributed by atoms with Crippen LogP contribution in [-0.4, -0.2) is 43.1 Å². The molecule has 0 saturated carbocycles. The fourth-order valence-corrected chi connectivity index (χ4v) is 5.05. The van der Waals surface area contributed by atoms with Gasteiger partial charge in [0, 0.05) is 30.9 Å². The second-order valence-corrected chi connectivity index (χ2v) is 9.82. The number of hydrogen-bond donors (Lipinski definition) is 1. The first-order valence-electron chi connectivity index (χ1n) is 10.5. The molecule has 2 aromatic carbocycles. The molecule has 3 aromatic rings. The molecule has 4 rings (SSSR count). The van der Waals surface area contributed by atoms with Gasteiger partial charge in [-0.25, -0.2) is 8.42 Å². The highest BCUT2D eigenvalue weighted by atomic mass is 32.2. The normalized spacial score (nSPS) is 16.1. The van der Waals surface area contributed by atoms with Gasteiger partial charge in [-0.15, -0.1) is 0 Å². The summed E-state index contributed by atoms with van der Waals surface area (Å²) in [6.45, 7) is 0.839. The minimum atomic E-state index is -3.87. The summed E-state index contributed by atoms with van der Waals surface area (Å²) in [5, 5.41) is 13.6. The van der Waals surface area contributed by atoms with Gasteiger partial charge >= 0.3 is 0 Å². The molecule has 1 aromatic heterocycles. The number of anilines is 1. The lowest BCUT2D eigenvalue weighted by molar-refractivity contribution is -0.384. The number of sulfone groups is 1. The number of amides is 2. The summed E-state index contributed by atoms with van der Waals surface area (Å²) in [5.41, 5.74) is 0.654. The number of nitro groups is 1. The van der Waals surface area contributed by atoms with E-state index in [4.69, 9.17) is 4.42 Å². The van der Waals surface area contributed by atoms with Gasteiger partial charge < -0.3 is 14.6 Å². The molecule has 2 amide bonds. The lowest BCUT2D eigenvalue weighted by Gasteiger charge is -2.31. The first-order chi connectivity index (χ1) is 16.3. The lowest BCUT2D eigenvalue weighted by atomic mass is 9.96. The van der Waals surface area contributed by atoms with E-state index in [1.165, 1.54) is 48.9 Å². The minimum Gasteiger partial charge on any atom is -0.472 e. The summed E-state index contributed by atoms with van der Waals surface area (Å²) in [7, 11) is -3.87. The van der Waals surface area contributed by atoms with Gasteiger partial charge in [-0.2, -0.15) is 0 Å². The van der Waals surface area contributed by atoms with Crippen molar-refractivity contribution in [2.24, 2.45) is 5.92 Å². The maximum absolute atomic E-state index is 12.8. The molecular weight excluding hydrogens is 462 g/mol. The van der Waals surface area contributed by atoms with Gasteiger partial charge in [-0.05, 0) is 55.3 Å². The SMILES string of the molecule is O=C(Nc1ccc(S(=O)(=O)c2ccc([N+](=O)[O-])cc2)cc1)C1CCCN(C(=O)c2ccoc2)C1. The Kier molecular flexibility index (Phi) is 6.46. The van der Waals surface area contributed by atoms with E-state index >= 15 is 0 Å². The number of nitrogens with zero attached hydrogens (tertiary/aromatic N) is 2. The van der Waals surface area contributed by atoms with Gasteiger partial charge in [0.25, 0.3) is 11.6 Å². The number of nitrogens with one attached hydrogen (secondary N) is 1. The Bertz CT molecular complexity index is 1300. The van der Waals surface area contributed by atoms with E-state index < -0.39 is 20.7 Å². The molecule has 2 heterocycles. The number of carbonyl (C=O) groups excluding carboxylic acids is 2. The fraction of sp³-hybridized carbons (Fsp3) is 0.217. The molecule has 1 fully saturated rings. The lowest BCUT2D eigenvalue weighted by Crippen LogP contribution is -2.43. The van der Waals surface area contributed by atoms with Crippen molar-refractivity contribution in [2.75, 3.05) is 18.4 Å². The van der Waals surface area contributed by atoms with Gasteiger partial charge in [-0.3, -0.25) is 19.7 Å². The Hall–Kier alpha value is -3.99. The number of rotatable bonds is 6. The Morgan fingerprint density at radius 2 is 1.68 bits per heavy atom. The number of non-ortho nitro benzene ring substituents is 1. The standard InChI is InChI=1S/C23H21N3O7S/c27-22(16-2-1-12-25(14-16)23(28)17-11-13-33-15-17)24-18-3-7-20(8-4-18)34(31,32)21-9-5-19(6-10-21)26(29)30/h3-11,13,15-16H,1-2,12,14H2,(H,24,27). The zero-order valence-corrected chi connectivity index (χ0v) is 18.7. The highest BCUT2D eigenvalue weighted by Crippen LogP contribution is 2.25. The molecule has 0 spiro atoms. The molecule has 1 aliphatic rings. The third-order valence-corrected chi connectivity index (χ3v) is 7.42. The number of piperidine rings is 1. The first kappa shape index (κ1) is 23.2. The van der Waals surface area contributed by atoms with Crippen LogP contribution in [0.2, 0.25) is 0 Å². The summed E-state index contributed by atoms with van der Waals surface area (Å²) in [5.74, 6) is -0.837. The fourth-order valence-electron chi connectivity index (χ4n) is 3.79. The van der Waals surface area contributed by atoms with E-state index in [9.17, 15) is 28.1 Å². The van der Waals surface area contributed by atoms with Crippen molar-refractivity contribution < 1.29 is 27.3 Å². The Morgan fingerprint density at radius 3 is 2.26 bits per heavy atom. The number of likely N-dealkylation sites (tertiary alicyclic amines) is 1. The largest absolute Gasteiger partial charge is 0.472 e. The summed E-state index contributed by atoms with van der Waals surface area (Å²) < 4.78 is 30.5. The Labute approximate surface area is 195 Å². The number of furan rings is 1. The third-order valence-electron chi connectivity index (χ3n) is 5.64. The predicted octanol–water partition coefficient (Wildman–Crippen LogP) is 3.51. The van der Waals surface area contributed by atoms with Gasteiger partial charge in [0.2, 0.25) is 15.7 Å². The third kappa shape index (κ3) is 4.84. The molecule has 1 saturated heterocycles. The topological polar surface area (TPSA) is 140 Å². The van der Waals surface area contributed by atoms with E-state index in [1.54, 1.807) is 11.0 Å². The van der Waals surface area contributed by atoms with Crippen LogP contribution in [0.1, 0.15) is 23.2 Å². The van der Waals surface area contributed by atoms with Crippen LogP contribution in [0.3, 0.4) is 0 Å². The molecule has 0 radical (unpaired) electrons. The van der Waals surface area contributed by atoms with Crippen LogP contribution in [-0.2, 0) is 14.6 Å². The van der Waals surface area contributed by atoms with Crippen LogP contribution in [0, 0.1) is 16.0 Å². The maximum atomic E-state index is 12.8. The molecule has 10 nitrogen and oxygen atoms in total. The van der Waals surface area contributed by atoms with Crippen LogP contribution in [0.25, 0.3) is 0 Å². The van der Waals surface area contributed by atoms with E-state index in [1.807, 2.05) is 0 Å². The number of nitro benzene ring substituents is 1. The van der Waals surface area contributed by atoms with E-state index in [-0.39, 0.29) is 33.8 Å². The smallest absolute Gasteiger partial charge is 0.269 e. The molecule has 0 aliphatic carbocycles. The summed E-state index contributed by atoms with van der Waals surface area (Å²) in [6.07, 6.45) is 4.12. The van der Waals surface area contributed by atoms with E-state index in [0.29, 0.717) is 30.6 Å². The van der Waals surface area contributed by atoms with Crippen LogP contribution in [0.15, 0.2) is 81.3 Å². The van der Waals surface area contributed by atoms with Crippen LogP contribution < -0.4 is 5.32 Å². The monoisotopic (exact) mass is 483 g/mol. The molecule has 0 bridgehead atoms.